The van der Waals surface area contributed by atoms with Gasteiger partial charge in [0.05, 0.1) is 19.3 Å². The van der Waals surface area contributed by atoms with Gasteiger partial charge in [-0.2, -0.15) is 0 Å². The van der Waals surface area contributed by atoms with Crippen LogP contribution >= 0.6 is 27.5 Å². The molecule has 0 aliphatic carbocycles. The van der Waals surface area contributed by atoms with Crippen molar-refractivity contribution in [2.75, 3.05) is 32.8 Å². The molecule has 0 bridgehead atoms. The van der Waals surface area contributed by atoms with E-state index in [1.54, 1.807) is 12.1 Å². The van der Waals surface area contributed by atoms with Gasteiger partial charge in [-0.15, -0.1) is 0 Å². The van der Waals surface area contributed by atoms with Gasteiger partial charge in [-0.05, 0) is 24.1 Å². The van der Waals surface area contributed by atoms with E-state index in [1.807, 2.05) is 11.0 Å². The third kappa shape index (κ3) is 5.77. The van der Waals surface area contributed by atoms with Crippen LogP contribution in [0.4, 0.5) is 0 Å². The lowest BCUT2D eigenvalue weighted by Gasteiger charge is -2.22. The number of hydrogen-bond acceptors (Lipinski definition) is 4. The largest absolute Gasteiger partial charge is 0.395 e. The molecule has 0 fully saturated rings. The van der Waals surface area contributed by atoms with E-state index in [0.717, 1.165) is 4.47 Å². The number of benzene rings is 1. The van der Waals surface area contributed by atoms with Crippen molar-refractivity contribution in [1.82, 2.24) is 4.90 Å². The molecule has 1 atom stereocenters. The van der Waals surface area contributed by atoms with Gasteiger partial charge in [0.2, 0.25) is 0 Å². The van der Waals surface area contributed by atoms with Gasteiger partial charge in [-0.25, -0.2) is 0 Å². The van der Waals surface area contributed by atoms with E-state index in [9.17, 15) is 5.11 Å². The second kappa shape index (κ2) is 8.89. The molecule has 1 rings (SSSR count). The molecule has 0 saturated heterocycles. The molecule has 0 radical (unpaired) electrons. The van der Waals surface area contributed by atoms with E-state index in [1.165, 1.54) is 0 Å². The normalized spacial score (nSPS) is 12.9. The van der Waals surface area contributed by atoms with Gasteiger partial charge in [-0.1, -0.05) is 33.6 Å². The quantitative estimate of drug-likeness (QED) is 0.668. The molecule has 3 N–H and O–H groups in total. The maximum atomic E-state index is 10.1. The fraction of sp³-hybridized carbons (Fsp3) is 0.538. The van der Waals surface area contributed by atoms with Gasteiger partial charge in [0.1, 0.15) is 0 Å². The summed E-state index contributed by atoms with van der Waals surface area (Å²) in [6.45, 7) is 1.64. The van der Waals surface area contributed by atoms with E-state index >= 15 is 0 Å². The molecular formula is C13H19BrClNO3. The van der Waals surface area contributed by atoms with E-state index in [-0.39, 0.29) is 13.2 Å². The van der Waals surface area contributed by atoms with E-state index in [0.29, 0.717) is 36.6 Å². The minimum absolute atomic E-state index is 0.0368. The van der Waals surface area contributed by atoms with Crippen LogP contribution in [0.3, 0.4) is 0 Å². The maximum Gasteiger partial charge on any atom is 0.0816 e. The highest BCUT2D eigenvalue weighted by Crippen LogP contribution is 2.28. The Morgan fingerprint density at radius 3 is 2.32 bits per heavy atom. The van der Waals surface area contributed by atoms with Crippen molar-refractivity contribution in [1.29, 1.82) is 0 Å². The van der Waals surface area contributed by atoms with Crippen molar-refractivity contribution in [3.05, 3.63) is 33.3 Å². The fourth-order valence-corrected chi connectivity index (χ4v) is 2.65. The third-order valence-corrected chi connectivity index (χ3v) is 3.69. The molecule has 1 aromatic rings. The average molecular weight is 353 g/mol. The number of halogens is 2. The predicted molar refractivity (Wildman–Crippen MR) is 79.3 cm³/mol. The molecule has 108 valence electrons. The number of aliphatic hydroxyl groups is 3. The number of nitrogens with zero attached hydrogens (tertiary/aromatic N) is 1. The molecule has 1 aromatic carbocycles. The smallest absolute Gasteiger partial charge is 0.0816 e. The van der Waals surface area contributed by atoms with Crippen LogP contribution in [0.25, 0.3) is 0 Å². The van der Waals surface area contributed by atoms with Gasteiger partial charge >= 0.3 is 0 Å². The summed E-state index contributed by atoms with van der Waals surface area (Å²) < 4.78 is 0.871. The summed E-state index contributed by atoms with van der Waals surface area (Å²) in [7, 11) is 0. The molecule has 0 amide bonds. The van der Waals surface area contributed by atoms with Crippen molar-refractivity contribution in [2.45, 2.75) is 12.5 Å². The Balaban J connectivity index is 2.55. The predicted octanol–water partition coefficient (Wildman–Crippen LogP) is 1.81. The Morgan fingerprint density at radius 1 is 1.16 bits per heavy atom. The second-order valence-electron chi connectivity index (χ2n) is 4.26. The maximum absolute atomic E-state index is 10.1. The number of aliphatic hydroxyl groups excluding tert-OH is 3. The summed E-state index contributed by atoms with van der Waals surface area (Å²) in [6.07, 6.45) is -0.151. The van der Waals surface area contributed by atoms with Crippen LogP contribution in [-0.2, 0) is 0 Å². The van der Waals surface area contributed by atoms with Gasteiger partial charge in [0.25, 0.3) is 0 Å². The molecule has 19 heavy (non-hydrogen) atoms. The molecule has 6 heteroatoms. The molecular weight excluding hydrogens is 334 g/mol. The Bertz CT molecular complexity index is 386. The summed E-state index contributed by atoms with van der Waals surface area (Å²) in [4.78, 5) is 1.90. The number of hydrogen-bond donors (Lipinski definition) is 3. The van der Waals surface area contributed by atoms with E-state index in [4.69, 9.17) is 21.8 Å². The lowest BCUT2D eigenvalue weighted by molar-refractivity contribution is 0.118. The Morgan fingerprint density at radius 2 is 1.79 bits per heavy atom. The molecule has 0 spiro atoms. The first-order valence-corrected chi connectivity index (χ1v) is 7.32. The second-order valence-corrected chi connectivity index (χ2v) is 5.58. The lowest BCUT2D eigenvalue weighted by Crippen LogP contribution is -2.31. The van der Waals surface area contributed by atoms with Crippen molar-refractivity contribution >= 4 is 27.5 Å². The van der Waals surface area contributed by atoms with Crippen molar-refractivity contribution in [2.24, 2.45) is 0 Å². The highest BCUT2D eigenvalue weighted by molar-refractivity contribution is 9.10. The first-order valence-electron chi connectivity index (χ1n) is 6.15. The minimum Gasteiger partial charge on any atom is -0.395 e. The zero-order chi connectivity index (χ0) is 14.3. The zero-order valence-electron chi connectivity index (χ0n) is 10.6. The number of rotatable bonds is 8. The average Bonchev–Trinajstić information content (AvgIpc) is 2.36. The zero-order valence-corrected chi connectivity index (χ0v) is 12.9. The molecule has 0 heterocycles. The summed E-state index contributed by atoms with van der Waals surface area (Å²) in [6, 6.07) is 5.38. The summed E-state index contributed by atoms with van der Waals surface area (Å²) >= 11 is 9.40. The topological polar surface area (TPSA) is 63.9 Å². The van der Waals surface area contributed by atoms with Crippen LogP contribution in [0, 0.1) is 0 Å². The SMILES string of the molecule is OCCN(CCO)CCC(O)c1ccc(Br)cc1Cl. The van der Waals surface area contributed by atoms with Crippen LogP contribution in [0.2, 0.25) is 5.02 Å². The lowest BCUT2D eigenvalue weighted by atomic mass is 10.1. The van der Waals surface area contributed by atoms with Crippen LogP contribution in [-0.4, -0.2) is 53.1 Å². The molecule has 0 saturated carbocycles. The Hall–Kier alpha value is -0.170. The fourth-order valence-electron chi connectivity index (χ4n) is 1.85. The van der Waals surface area contributed by atoms with Gasteiger partial charge < -0.3 is 15.3 Å². The van der Waals surface area contributed by atoms with Crippen LogP contribution in [0.5, 0.6) is 0 Å². The van der Waals surface area contributed by atoms with Gasteiger partial charge in [-0.3, -0.25) is 4.90 Å². The molecule has 0 aliphatic rings. The van der Waals surface area contributed by atoms with Crippen molar-refractivity contribution in [3.63, 3.8) is 0 Å². The monoisotopic (exact) mass is 351 g/mol. The first-order chi connectivity index (χ1) is 9.08. The molecule has 1 unspecified atom stereocenters. The minimum atomic E-state index is -0.652. The van der Waals surface area contributed by atoms with Gasteiger partial charge in [0.15, 0.2) is 0 Å². The van der Waals surface area contributed by atoms with Crippen LogP contribution in [0.1, 0.15) is 18.1 Å². The summed E-state index contributed by atoms with van der Waals surface area (Å²) in [5, 5.41) is 28.5. The molecule has 0 aromatic heterocycles. The third-order valence-electron chi connectivity index (χ3n) is 2.87. The Kier molecular flexibility index (Phi) is 7.90. The van der Waals surface area contributed by atoms with Crippen molar-refractivity contribution in [3.8, 4) is 0 Å². The molecule has 4 nitrogen and oxygen atoms in total. The standard InChI is InChI=1S/C13H19BrClNO3/c14-10-1-2-11(12(15)9-10)13(19)3-4-16(5-7-17)6-8-18/h1-2,9,13,17-19H,3-8H2. The van der Waals surface area contributed by atoms with Crippen molar-refractivity contribution < 1.29 is 15.3 Å². The van der Waals surface area contributed by atoms with Gasteiger partial charge in [0, 0.05) is 29.1 Å². The van der Waals surface area contributed by atoms with Crippen LogP contribution in [0.15, 0.2) is 22.7 Å². The highest BCUT2D eigenvalue weighted by atomic mass is 79.9. The molecule has 0 aliphatic heterocycles. The summed E-state index contributed by atoms with van der Waals surface area (Å²) in [5.41, 5.74) is 0.692. The van der Waals surface area contributed by atoms with Crippen LogP contribution < -0.4 is 0 Å². The Labute approximate surface area is 126 Å². The first kappa shape index (κ1) is 16.9. The summed E-state index contributed by atoms with van der Waals surface area (Å²) in [5.74, 6) is 0. The van der Waals surface area contributed by atoms with E-state index < -0.39 is 6.10 Å². The van der Waals surface area contributed by atoms with E-state index in [2.05, 4.69) is 15.9 Å². The highest BCUT2D eigenvalue weighted by Gasteiger charge is 2.13.